The quantitative estimate of drug-likeness (QED) is 0.232. The molecule has 0 aliphatic carbocycles. The van der Waals surface area contributed by atoms with Crippen LogP contribution in [0.5, 0.6) is 0 Å². The van der Waals surface area contributed by atoms with E-state index < -0.39 is 20.9 Å². The maximum atomic E-state index is 13.2. The Morgan fingerprint density at radius 2 is 1.62 bits per heavy atom. The highest BCUT2D eigenvalue weighted by molar-refractivity contribution is 7.89. The third-order valence-corrected chi connectivity index (χ3v) is 7.45. The molecule has 0 bridgehead atoms. The van der Waals surface area contributed by atoms with Gasteiger partial charge in [0.05, 0.1) is 9.82 Å². The molecule has 9 heteroatoms. The first kappa shape index (κ1) is 23.3. The SMILES string of the molecule is O=C(Nc1ccc(S(=O)(=O)N2CCCC2)cc1)/C(=C/c1cccc([N+](=O)[O-])c1)c1ccccc1. The summed E-state index contributed by atoms with van der Waals surface area (Å²) in [5, 5.41) is 13.9. The summed E-state index contributed by atoms with van der Waals surface area (Å²) in [6.07, 6.45) is 3.29. The Balaban J connectivity index is 1.60. The Kier molecular flexibility index (Phi) is 6.85. The largest absolute Gasteiger partial charge is 0.322 e. The van der Waals surface area contributed by atoms with Gasteiger partial charge in [-0.3, -0.25) is 14.9 Å². The van der Waals surface area contributed by atoms with Crippen LogP contribution < -0.4 is 5.32 Å². The van der Waals surface area contributed by atoms with Crippen molar-refractivity contribution in [1.29, 1.82) is 0 Å². The highest BCUT2D eigenvalue weighted by Gasteiger charge is 2.27. The summed E-state index contributed by atoms with van der Waals surface area (Å²) in [6.45, 7) is 1.04. The third kappa shape index (κ3) is 5.22. The monoisotopic (exact) mass is 477 g/mol. The molecule has 1 heterocycles. The van der Waals surface area contributed by atoms with Crippen LogP contribution in [-0.4, -0.2) is 36.6 Å². The van der Waals surface area contributed by atoms with Gasteiger partial charge in [0.1, 0.15) is 0 Å². The number of rotatable bonds is 7. The zero-order valence-electron chi connectivity index (χ0n) is 18.3. The number of nitrogens with one attached hydrogen (secondary N) is 1. The van der Waals surface area contributed by atoms with Crippen LogP contribution in [0, 0.1) is 10.1 Å². The second-order valence-corrected chi connectivity index (χ2v) is 9.80. The number of benzene rings is 3. The molecule has 0 aromatic heterocycles. The highest BCUT2D eigenvalue weighted by atomic mass is 32.2. The van der Waals surface area contributed by atoms with E-state index in [0.29, 0.717) is 35.5 Å². The maximum Gasteiger partial charge on any atom is 0.270 e. The minimum Gasteiger partial charge on any atom is -0.322 e. The van der Waals surface area contributed by atoms with E-state index in [9.17, 15) is 23.3 Å². The highest BCUT2D eigenvalue weighted by Crippen LogP contribution is 2.25. The summed E-state index contributed by atoms with van der Waals surface area (Å²) in [5.41, 5.74) is 1.83. The van der Waals surface area contributed by atoms with Gasteiger partial charge in [0.25, 0.3) is 11.6 Å². The molecular weight excluding hydrogens is 454 g/mol. The number of amides is 1. The first-order valence-corrected chi connectivity index (χ1v) is 12.2. The van der Waals surface area contributed by atoms with Gasteiger partial charge in [-0.25, -0.2) is 8.42 Å². The van der Waals surface area contributed by atoms with E-state index in [1.54, 1.807) is 54.6 Å². The molecule has 1 amide bonds. The van der Waals surface area contributed by atoms with Crippen LogP contribution in [0.1, 0.15) is 24.0 Å². The first-order chi connectivity index (χ1) is 16.3. The normalized spacial score (nSPS) is 14.6. The summed E-state index contributed by atoms with van der Waals surface area (Å²) in [7, 11) is -3.54. The van der Waals surface area contributed by atoms with Gasteiger partial charge >= 0.3 is 0 Å². The summed E-state index contributed by atoms with van der Waals surface area (Å²) >= 11 is 0. The zero-order chi connectivity index (χ0) is 24.1. The van der Waals surface area contributed by atoms with Crippen LogP contribution in [-0.2, 0) is 14.8 Å². The number of hydrogen-bond acceptors (Lipinski definition) is 5. The van der Waals surface area contributed by atoms with E-state index >= 15 is 0 Å². The summed E-state index contributed by atoms with van der Waals surface area (Å²) in [6, 6.07) is 21.1. The molecule has 0 radical (unpaired) electrons. The molecule has 174 valence electrons. The molecule has 1 N–H and O–H groups in total. The molecule has 0 atom stereocenters. The fourth-order valence-corrected chi connectivity index (χ4v) is 5.30. The van der Waals surface area contributed by atoms with Crippen molar-refractivity contribution in [2.75, 3.05) is 18.4 Å². The molecule has 34 heavy (non-hydrogen) atoms. The van der Waals surface area contributed by atoms with Crippen molar-refractivity contribution in [1.82, 2.24) is 4.31 Å². The van der Waals surface area contributed by atoms with Gasteiger partial charge in [-0.2, -0.15) is 4.31 Å². The Morgan fingerprint density at radius 3 is 2.26 bits per heavy atom. The van der Waals surface area contributed by atoms with E-state index in [2.05, 4.69) is 5.32 Å². The van der Waals surface area contributed by atoms with E-state index in [-0.39, 0.29) is 10.6 Å². The number of anilines is 1. The van der Waals surface area contributed by atoms with Gasteiger partial charge in [-0.05, 0) is 54.3 Å². The van der Waals surface area contributed by atoms with Gasteiger partial charge in [-0.1, -0.05) is 42.5 Å². The molecule has 1 aliphatic rings. The third-order valence-electron chi connectivity index (χ3n) is 5.54. The number of hydrogen-bond donors (Lipinski definition) is 1. The van der Waals surface area contributed by atoms with Gasteiger partial charge in [0.15, 0.2) is 0 Å². The van der Waals surface area contributed by atoms with Crippen LogP contribution >= 0.6 is 0 Å². The van der Waals surface area contributed by atoms with Gasteiger partial charge in [0, 0.05) is 36.5 Å². The average molecular weight is 478 g/mol. The van der Waals surface area contributed by atoms with Crippen molar-refractivity contribution < 1.29 is 18.1 Å². The smallest absolute Gasteiger partial charge is 0.270 e. The van der Waals surface area contributed by atoms with Crippen LogP contribution in [0.25, 0.3) is 11.6 Å². The maximum absolute atomic E-state index is 13.2. The zero-order valence-corrected chi connectivity index (χ0v) is 19.1. The van der Waals surface area contributed by atoms with Gasteiger partial charge in [0.2, 0.25) is 10.0 Å². The number of carbonyl (C=O) groups is 1. The van der Waals surface area contributed by atoms with Crippen LogP contribution in [0.15, 0.2) is 83.8 Å². The number of nitro groups is 1. The molecule has 3 aromatic carbocycles. The lowest BCUT2D eigenvalue weighted by atomic mass is 10.0. The second-order valence-electron chi connectivity index (χ2n) is 7.87. The average Bonchev–Trinajstić information content (AvgIpc) is 3.40. The molecule has 0 unspecified atom stereocenters. The predicted octanol–water partition coefficient (Wildman–Crippen LogP) is 4.56. The number of nitrogens with zero attached hydrogens (tertiary/aromatic N) is 2. The fourth-order valence-electron chi connectivity index (χ4n) is 3.78. The van der Waals surface area contributed by atoms with Crippen molar-refractivity contribution in [2.45, 2.75) is 17.7 Å². The molecule has 0 spiro atoms. The lowest BCUT2D eigenvalue weighted by Crippen LogP contribution is -2.27. The lowest BCUT2D eigenvalue weighted by Gasteiger charge is -2.16. The number of non-ortho nitro benzene ring substituents is 1. The van der Waals surface area contributed by atoms with Crippen molar-refractivity contribution in [3.8, 4) is 0 Å². The summed E-state index contributed by atoms with van der Waals surface area (Å²) < 4.78 is 26.9. The predicted molar refractivity (Wildman–Crippen MR) is 130 cm³/mol. The Labute approximate surface area is 197 Å². The molecule has 1 saturated heterocycles. The molecule has 0 saturated carbocycles. The standard InChI is InChI=1S/C25H23N3O5S/c29-25(26-21-11-13-23(14-12-21)34(32,33)27-15-4-5-16-27)24(20-8-2-1-3-9-20)18-19-7-6-10-22(17-19)28(30)31/h1-3,6-14,17-18H,4-5,15-16H2,(H,26,29)/b24-18+. The van der Waals surface area contributed by atoms with Crippen molar-refractivity contribution >= 4 is 39.0 Å². The topological polar surface area (TPSA) is 110 Å². The van der Waals surface area contributed by atoms with E-state index in [1.807, 2.05) is 6.07 Å². The molecule has 4 rings (SSSR count). The van der Waals surface area contributed by atoms with Crippen LogP contribution in [0.2, 0.25) is 0 Å². The van der Waals surface area contributed by atoms with Crippen molar-refractivity contribution in [3.63, 3.8) is 0 Å². The number of sulfonamides is 1. The minimum atomic E-state index is -3.54. The Hall–Kier alpha value is -3.82. The summed E-state index contributed by atoms with van der Waals surface area (Å²) in [4.78, 5) is 24.0. The molecule has 1 fully saturated rings. The van der Waals surface area contributed by atoms with Crippen molar-refractivity contribution in [3.05, 3.63) is 100 Å². The number of carbonyl (C=O) groups excluding carboxylic acids is 1. The lowest BCUT2D eigenvalue weighted by molar-refractivity contribution is -0.384. The number of nitro benzene ring substituents is 1. The Morgan fingerprint density at radius 1 is 0.941 bits per heavy atom. The second kappa shape index (κ2) is 9.98. The van der Waals surface area contributed by atoms with Gasteiger partial charge < -0.3 is 5.32 Å². The molecule has 1 aliphatic heterocycles. The van der Waals surface area contributed by atoms with E-state index in [0.717, 1.165) is 12.8 Å². The summed E-state index contributed by atoms with van der Waals surface area (Å²) in [5.74, 6) is -0.423. The Bertz CT molecular complexity index is 1330. The van der Waals surface area contributed by atoms with Crippen molar-refractivity contribution in [2.24, 2.45) is 0 Å². The van der Waals surface area contributed by atoms with Crippen LogP contribution in [0.4, 0.5) is 11.4 Å². The fraction of sp³-hybridized carbons (Fsp3) is 0.160. The van der Waals surface area contributed by atoms with Gasteiger partial charge in [-0.15, -0.1) is 0 Å². The van der Waals surface area contributed by atoms with E-state index in [1.165, 1.54) is 28.6 Å². The first-order valence-electron chi connectivity index (χ1n) is 10.8. The van der Waals surface area contributed by atoms with Crippen LogP contribution in [0.3, 0.4) is 0 Å². The molecular formula is C25H23N3O5S. The molecule has 8 nitrogen and oxygen atoms in total. The molecule has 3 aromatic rings. The minimum absolute atomic E-state index is 0.0728. The van der Waals surface area contributed by atoms with E-state index in [4.69, 9.17) is 0 Å².